The highest BCUT2D eigenvalue weighted by atomic mass is 16.6. The first-order valence-corrected chi connectivity index (χ1v) is 7.31. The number of carbonyl (C=O) groups excluding carboxylic acids is 1. The largest absolute Gasteiger partial charge is 0.490 e. The van der Waals surface area contributed by atoms with Crippen molar-refractivity contribution in [1.29, 1.82) is 0 Å². The Labute approximate surface area is 135 Å². The van der Waals surface area contributed by atoms with Crippen molar-refractivity contribution in [2.75, 3.05) is 19.8 Å². The van der Waals surface area contributed by atoms with Gasteiger partial charge in [-0.2, -0.15) is 0 Å². The molecule has 1 aromatic rings. The average Bonchev–Trinajstić information content (AvgIpc) is 2.43. The summed E-state index contributed by atoms with van der Waals surface area (Å²) in [7, 11) is 0. The Morgan fingerprint density at radius 2 is 1.74 bits per heavy atom. The summed E-state index contributed by atoms with van der Waals surface area (Å²) in [5.41, 5.74) is -0.527. The second kappa shape index (κ2) is 8.87. The molecule has 0 atom stereocenters. The van der Waals surface area contributed by atoms with Crippen molar-refractivity contribution in [2.45, 2.75) is 32.8 Å². The third-order valence-corrected chi connectivity index (χ3v) is 2.45. The molecule has 0 radical (unpaired) electrons. The molecule has 0 aliphatic heterocycles. The summed E-state index contributed by atoms with van der Waals surface area (Å²) in [6.45, 7) is 5.72. The highest BCUT2D eigenvalue weighted by molar-refractivity contribution is 5.68. The molecule has 0 aliphatic rings. The molecule has 23 heavy (non-hydrogen) atoms. The predicted octanol–water partition coefficient (Wildman–Crippen LogP) is 2.44. The monoisotopic (exact) mass is 325 g/mol. The molecule has 2 N–H and O–H groups in total. The zero-order chi connectivity index (χ0) is 17.3. The van der Waals surface area contributed by atoms with Crippen LogP contribution in [0.25, 0.3) is 0 Å². The van der Waals surface area contributed by atoms with Gasteiger partial charge < -0.3 is 24.6 Å². The molecule has 7 heteroatoms. The normalized spacial score (nSPS) is 10.7. The first-order valence-electron chi connectivity index (χ1n) is 7.31. The summed E-state index contributed by atoms with van der Waals surface area (Å²) < 4.78 is 15.8. The standard InChI is InChI=1S/C16H23NO6/c1-16(2,3)23-15(20)17-9-6-10-21-12-7-4-5-8-13(12)22-11-14(18)19/h4-5,7-8H,6,9-11H2,1-3H3,(H,17,20)(H,18,19). The van der Waals surface area contributed by atoms with E-state index in [1.54, 1.807) is 45.0 Å². The number of carboxylic acids is 1. The molecule has 0 spiro atoms. The number of aliphatic carboxylic acids is 1. The molecule has 0 heterocycles. The number of hydrogen-bond acceptors (Lipinski definition) is 5. The molecular formula is C16H23NO6. The molecule has 7 nitrogen and oxygen atoms in total. The van der Waals surface area contributed by atoms with Gasteiger partial charge in [-0.15, -0.1) is 0 Å². The number of para-hydroxylation sites is 2. The van der Waals surface area contributed by atoms with E-state index in [1.165, 1.54) is 0 Å². The van der Waals surface area contributed by atoms with Gasteiger partial charge in [-0.3, -0.25) is 0 Å². The van der Waals surface area contributed by atoms with E-state index in [2.05, 4.69) is 5.32 Å². The van der Waals surface area contributed by atoms with Crippen LogP contribution in [0.4, 0.5) is 4.79 Å². The number of rotatable bonds is 8. The van der Waals surface area contributed by atoms with Crippen molar-refractivity contribution in [1.82, 2.24) is 5.32 Å². The van der Waals surface area contributed by atoms with E-state index in [1.807, 2.05) is 0 Å². The van der Waals surface area contributed by atoms with Crippen LogP contribution in [0.15, 0.2) is 24.3 Å². The van der Waals surface area contributed by atoms with E-state index in [0.717, 1.165) is 0 Å². The highest BCUT2D eigenvalue weighted by Crippen LogP contribution is 2.26. The van der Waals surface area contributed by atoms with Gasteiger partial charge in [-0.25, -0.2) is 9.59 Å². The number of carboxylic acid groups (broad SMARTS) is 1. The SMILES string of the molecule is CC(C)(C)OC(=O)NCCCOc1ccccc1OCC(=O)O. The number of alkyl carbamates (subject to hydrolysis) is 1. The minimum absolute atomic E-state index is 0.350. The number of nitrogens with one attached hydrogen (secondary N) is 1. The van der Waals surface area contributed by atoms with Gasteiger partial charge in [-0.05, 0) is 39.3 Å². The van der Waals surface area contributed by atoms with Crippen LogP contribution in [0.5, 0.6) is 11.5 Å². The van der Waals surface area contributed by atoms with Crippen molar-refractivity contribution in [2.24, 2.45) is 0 Å². The van der Waals surface area contributed by atoms with Gasteiger partial charge in [0, 0.05) is 6.54 Å². The Bertz CT molecular complexity index is 524. The first kappa shape index (κ1) is 18.6. The number of ether oxygens (including phenoxy) is 3. The van der Waals surface area contributed by atoms with Crippen molar-refractivity contribution >= 4 is 12.1 Å². The minimum atomic E-state index is -1.05. The zero-order valence-electron chi connectivity index (χ0n) is 13.6. The molecule has 1 aromatic carbocycles. The molecule has 0 saturated heterocycles. The number of amides is 1. The predicted molar refractivity (Wildman–Crippen MR) is 83.9 cm³/mol. The minimum Gasteiger partial charge on any atom is -0.490 e. The molecular weight excluding hydrogens is 302 g/mol. The Kier molecular flexibility index (Phi) is 7.18. The quantitative estimate of drug-likeness (QED) is 0.713. The summed E-state index contributed by atoms with van der Waals surface area (Å²) in [5, 5.41) is 11.3. The molecule has 1 amide bonds. The highest BCUT2D eigenvalue weighted by Gasteiger charge is 2.15. The van der Waals surface area contributed by atoms with Crippen molar-refractivity contribution in [3.05, 3.63) is 24.3 Å². The summed E-state index contributed by atoms with van der Waals surface area (Å²) in [5.74, 6) is -0.220. The summed E-state index contributed by atoms with van der Waals surface area (Å²) in [6.07, 6.45) is 0.106. The number of hydrogen-bond donors (Lipinski definition) is 2. The van der Waals surface area contributed by atoms with Crippen LogP contribution < -0.4 is 14.8 Å². The lowest BCUT2D eigenvalue weighted by atomic mass is 10.2. The fraction of sp³-hybridized carbons (Fsp3) is 0.500. The maximum atomic E-state index is 11.4. The summed E-state index contributed by atoms with van der Waals surface area (Å²) in [4.78, 5) is 22.0. The van der Waals surface area contributed by atoms with Crippen LogP contribution in [-0.4, -0.2) is 42.5 Å². The second-order valence-corrected chi connectivity index (χ2v) is 5.76. The van der Waals surface area contributed by atoms with E-state index in [-0.39, 0.29) is 0 Å². The fourth-order valence-corrected chi connectivity index (χ4v) is 1.59. The van der Waals surface area contributed by atoms with Crippen LogP contribution in [0.2, 0.25) is 0 Å². The van der Waals surface area contributed by atoms with Gasteiger partial charge in [0.05, 0.1) is 6.61 Å². The maximum absolute atomic E-state index is 11.4. The third-order valence-electron chi connectivity index (χ3n) is 2.45. The van der Waals surface area contributed by atoms with Crippen LogP contribution in [0, 0.1) is 0 Å². The van der Waals surface area contributed by atoms with E-state index < -0.39 is 24.3 Å². The van der Waals surface area contributed by atoms with Crippen molar-refractivity contribution in [3.63, 3.8) is 0 Å². The van der Waals surface area contributed by atoms with E-state index >= 15 is 0 Å². The molecule has 0 bridgehead atoms. The Balaban J connectivity index is 2.31. The van der Waals surface area contributed by atoms with Gasteiger partial charge >= 0.3 is 12.1 Å². The smallest absolute Gasteiger partial charge is 0.407 e. The Morgan fingerprint density at radius 1 is 1.13 bits per heavy atom. The van der Waals surface area contributed by atoms with Crippen LogP contribution >= 0.6 is 0 Å². The van der Waals surface area contributed by atoms with E-state index in [0.29, 0.717) is 31.1 Å². The van der Waals surface area contributed by atoms with Gasteiger partial charge in [0.15, 0.2) is 18.1 Å². The number of benzene rings is 1. The number of carbonyl (C=O) groups is 2. The molecule has 0 unspecified atom stereocenters. The van der Waals surface area contributed by atoms with E-state index in [9.17, 15) is 9.59 Å². The lowest BCUT2D eigenvalue weighted by Gasteiger charge is -2.19. The average molecular weight is 325 g/mol. The fourth-order valence-electron chi connectivity index (χ4n) is 1.59. The van der Waals surface area contributed by atoms with Crippen molar-refractivity contribution in [3.8, 4) is 11.5 Å². The molecule has 1 rings (SSSR count). The van der Waals surface area contributed by atoms with Crippen LogP contribution in [0.1, 0.15) is 27.2 Å². The van der Waals surface area contributed by atoms with E-state index in [4.69, 9.17) is 19.3 Å². The summed E-state index contributed by atoms with van der Waals surface area (Å²) in [6, 6.07) is 6.83. The van der Waals surface area contributed by atoms with Gasteiger partial charge in [0.2, 0.25) is 0 Å². The first-order chi connectivity index (χ1) is 10.8. The topological polar surface area (TPSA) is 94.1 Å². The molecule has 0 aromatic heterocycles. The lowest BCUT2D eigenvalue weighted by Crippen LogP contribution is -2.33. The maximum Gasteiger partial charge on any atom is 0.407 e. The van der Waals surface area contributed by atoms with Gasteiger partial charge in [-0.1, -0.05) is 12.1 Å². The molecule has 0 fully saturated rings. The molecule has 0 aliphatic carbocycles. The third kappa shape index (κ3) is 8.55. The van der Waals surface area contributed by atoms with Gasteiger partial charge in [0.25, 0.3) is 0 Å². The molecule has 0 saturated carbocycles. The van der Waals surface area contributed by atoms with Crippen molar-refractivity contribution < 1.29 is 28.9 Å². The summed E-state index contributed by atoms with van der Waals surface area (Å²) >= 11 is 0. The lowest BCUT2D eigenvalue weighted by molar-refractivity contribution is -0.139. The Hall–Kier alpha value is -2.44. The van der Waals surface area contributed by atoms with Crippen LogP contribution in [-0.2, 0) is 9.53 Å². The molecule has 128 valence electrons. The second-order valence-electron chi connectivity index (χ2n) is 5.76. The van der Waals surface area contributed by atoms with Crippen LogP contribution in [0.3, 0.4) is 0 Å². The Morgan fingerprint density at radius 3 is 2.30 bits per heavy atom. The van der Waals surface area contributed by atoms with Gasteiger partial charge in [0.1, 0.15) is 5.60 Å². The zero-order valence-corrected chi connectivity index (χ0v) is 13.6.